The molecule has 2 aliphatic heterocycles. The summed E-state index contributed by atoms with van der Waals surface area (Å²) >= 11 is 0. The average molecular weight is 401 g/mol. The molecule has 0 spiro atoms. The maximum atomic E-state index is 13.2. The number of fused-ring (bicyclic) bond motifs is 7. The van der Waals surface area contributed by atoms with E-state index in [1.165, 1.54) is 7.11 Å². The summed E-state index contributed by atoms with van der Waals surface area (Å²) < 4.78 is 10.9. The van der Waals surface area contributed by atoms with Crippen molar-refractivity contribution in [2.75, 3.05) is 7.11 Å². The summed E-state index contributed by atoms with van der Waals surface area (Å²) in [5, 5.41) is 0. The fraction of sp³-hybridized carbons (Fsp3) is 0.280. The second-order valence-electron chi connectivity index (χ2n) is 8.76. The average Bonchev–Trinajstić information content (AvgIpc) is 3.16. The van der Waals surface area contributed by atoms with E-state index >= 15 is 0 Å². The van der Waals surface area contributed by atoms with Gasteiger partial charge in [0, 0.05) is 11.1 Å². The van der Waals surface area contributed by atoms with Crippen molar-refractivity contribution in [3.8, 4) is 0 Å². The van der Waals surface area contributed by atoms with E-state index in [2.05, 4.69) is 6.07 Å². The van der Waals surface area contributed by atoms with Crippen LogP contribution in [0.3, 0.4) is 0 Å². The number of carbonyl (C=O) groups excluding carboxylic acids is 2. The fourth-order valence-corrected chi connectivity index (χ4v) is 4.84. The Morgan fingerprint density at radius 1 is 0.867 bits per heavy atom. The van der Waals surface area contributed by atoms with Crippen molar-refractivity contribution >= 4 is 17.6 Å². The molecule has 2 bridgehead atoms. The molecule has 0 fully saturated rings. The molecule has 1 aliphatic carbocycles. The van der Waals surface area contributed by atoms with Crippen LogP contribution in [-0.4, -0.2) is 29.7 Å². The van der Waals surface area contributed by atoms with Gasteiger partial charge in [0.1, 0.15) is 5.60 Å². The van der Waals surface area contributed by atoms with Crippen molar-refractivity contribution in [3.63, 3.8) is 0 Å². The second kappa shape index (κ2) is 6.33. The number of amides is 1. The summed E-state index contributed by atoms with van der Waals surface area (Å²) in [5.74, 6) is -0.373. The Morgan fingerprint density at radius 2 is 1.43 bits per heavy atom. The van der Waals surface area contributed by atoms with E-state index in [0.717, 1.165) is 33.4 Å². The lowest BCUT2D eigenvalue weighted by atomic mass is 9.69. The van der Waals surface area contributed by atoms with Crippen molar-refractivity contribution in [2.45, 2.75) is 38.5 Å². The van der Waals surface area contributed by atoms with Crippen molar-refractivity contribution in [2.24, 2.45) is 0 Å². The smallest absolute Gasteiger partial charge is 0.411 e. The third-order valence-corrected chi connectivity index (χ3v) is 5.82. The number of nitrogens with zero attached hydrogens (tertiary/aromatic N) is 1. The van der Waals surface area contributed by atoms with Gasteiger partial charge in [-0.3, -0.25) is 4.90 Å². The highest BCUT2D eigenvalue weighted by molar-refractivity contribution is 6.14. The molecule has 5 rings (SSSR count). The highest BCUT2D eigenvalue weighted by Gasteiger charge is 2.59. The molecule has 0 radical (unpaired) electrons. The first-order valence-corrected chi connectivity index (χ1v) is 10.1. The Labute approximate surface area is 175 Å². The molecule has 5 heteroatoms. The Hall–Kier alpha value is -3.34. The minimum absolute atomic E-state index is 0.264. The van der Waals surface area contributed by atoms with E-state index in [9.17, 15) is 9.59 Å². The second-order valence-corrected chi connectivity index (χ2v) is 8.76. The highest BCUT2D eigenvalue weighted by atomic mass is 16.6. The Bertz CT molecular complexity index is 1140. The molecule has 3 aliphatic rings. The van der Waals surface area contributed by atoms with Gasteiger partial charge in [-0.2, -0.15) is 0 Å². The molecule has 0 saturated carbocycles. The predicted molar refractivity (Wildman–Crippen MR) is 112 cm³/mol. The summed E-state index contributed by atoms with van der Waals surface area (Å²) in [6.45, 7) is 5.58. The molecule has 2 aromatic carbocycles. The van der Waals surface area contributed by atoms with Crippen LogP contribution in [0.5, 0.6) is 0 Å². The zero-order chi connectivity index (χ0) is 21.2. The first-order chi connectivity index (χ1) is 14.3. The summed E-state index contributed by atoms with van der Waals surface area (Å²) in [5.41, 5.74) is 5.81. The van der Waals surface area contributed by atoms with E-state index in [-0.39, 0.29) is 24.1 Å². The minimum atomic E-state index is -0.611. The lowest BCUT2D eigenvalue weighted by molar-refractivity contribution is -0.135. The SMILES string of the molecule is COC(=O)C1=C(c2ccccc2)C2=C1C1c3ccccc3C2N1C(=O)OC(C)(C)C. The van der Waals surface area contributed by atoms with Crippen LogP contribution in [0.4, 0.5) is 4.79 Å². The summed E-state index contributed by atoms with van der Waals surface area (Å²) in [6, 6.07) is 17.2. The highest BCUT2D eigenvalue weighted by Crippen LogP contribution is 2.66. The Balaban J connectivity index is 1.65. The number of hydrogen-bond acceptors (Lipinski definition) is 4. The van der Waals surface area contributed by atoms with Crippen molar-refractivity contribution in [1.29, 1.82) is 0 Å². The van der Waals surface area contributed by atoms with E-state index in [4.69, 9.17) is 9.47 Å². The Morgan fingerprint density at radius 3 is 2.00 bits per heavy atom. The third-order valence-electron chi connectivity index (χ3n) is 5.82. The standard InChI is InChI=1S/C25H23NO4/c1-25(2,3)30-24(28)26-21-15-12-8-9-13-16(15)22(26)19-18(21)17(20(19)23(27)29-4)14-10-6-5-7-11-14/h5-13,21-22H,1-4H3. The van der Waals surface area contributed by atoms with Gasteiger partial charge in [0.2, 0.25) is 0 Å². The van der Waals surface area contributed by atoms with Gasteiger partial charge in [-0.25, -0.2) is 9.59 Å². The summed E-state index contributed by atoms with van der Waals surface area (Å²) in [7, 11) is 1.39. The first-order valence-electron chi connectivity index (χ1n) is 10.1. The van der Waals surface area contributed by atoms with Gasteiger partial charge >= 0.3 is 12.1 Å². The van der Waals surface area contributed by atoms with Crippen LogP contribution in [0.25, 0.3) is 5.57 Å². The molecule has 152 valence electrons. The molecule has 0 saturated heterocycles. The van der Waals surface area contributed by atoms with Gasteiger partial charge in [0.25, 0.3) is 0 Å². The van der Waals surface area contributed by atoms with Crippen LogP contribution in [0.2, 0.25) is 0 Å². The minimum Gasteiger partial charge on any atom is -0.465 e. The van der Waals surface area contributed by atoms with E-state index in [1.807, 2.05) is 69.3 Å². The van der Waals surface area contributed by atoms with Gasteiger partial charge in [0.15, 0.2) is 0 Å². The first kappa shape index (κ1) is 18.7. The maximum absolute atomic E-state index is 13.2. The zero-order valence-electron chi connectivity index (χ0n) is 17.4. The normalized spacial score (nSPS) is 21.3. The van der Waals surface area contributed by atoms with Crippen LogP contribution in [-0.2, 0) is 14.3 Å². The number of carbonyl (C=O) groups is 2. The molecule has 30 heavy (non-hydrogen) atoms. The van der Waals surface area contributed by atoms with E-state index in [0.29, 0.717) is 5.57 Å². The predicted octanol–water partition coefficient (Wildman–Crippen LogP) is 4.97. The van der Waals surface area contributed by atoms with Crippen molar-refractivity contribution in [1.82, 2.24) is 4.90 Å². The maximum Gasteiger partial charge on any atom is 0.411 e. The lowest BCUT2D eigenvalue weighted by Crippen LogP contribution is -2.35. The molecule has 2 aromatic rings. The number of ether oxygens (including phenoxy) is 2. The van der Waals surface area contributed by atoms with Gasteiger partial charge in [-0.1, -0.05) is 54.6 Å². The van der Waals surface area contributed by atoms with Gasteiger partial charge in [0.05, 0.1) is 24.8 Å². The van der Waals surface area contributed by atoms with Gasteiger partial charge in [-0.15, -0.1) is 0 Å². The van der Waals surface area contributed by atoms with E-state index in [1.54, 1.807) is 4.90 Å². The van der Waals surface area contributed by atoms with Crippen LogP contribution in [0.15, 0.2) is 71.3 Å². The monoisotopic (exact) mass is 401 g/mol. The number of hydrogen-bond donors (Lipinski definition) is 0. The number of rotatable bonds is 2. The quantitative estimate of drug-likeness (QED) is 0.667. The molecule has 2 atom stereocenters. The van der Waals surface area contributed by atoms with Crippen LogP contribution >= 0.6 is 0 Å². The number of methoxy groups -OCH3 is 1. The topological polar surface area (TPSA) is 55.8 Å². The van der Waals surface area contributed by atoms with Crippen LogP contribution < -0.4 is 0 Å². The number of esters is 1. The zero-order valence-corrected chi connectivity index (χ0v) is 17.4. The molecular weight excluding hydrogens is 378 g/mol. The fourth-order valence-electron chi connectivity index (χ4n) is 4.84. The molecule has 2 heterocycles. The summed E-state index contributed by atoms with van der Waals surface area (Å²) in [4.78, 5) is 27.8. The molecule has 1 amide bonds. The molecule has 5 nitrogen and oxygen atoms in total. The number of benzene rings is 2. The van der Waals surface area contributed by atoms with E-state index < -0.39 is 5.60 Å². The molecular formula is C25H23NO4. The molecule has 0 N–H and O–H groups in total. The van der Waals surface area contributed by atoms with Crippen molar-refractivity contribution in [3.05, 3.63) is 88.0 Å². The Kier molecular flexibility index (Phi) is 3.94. The van der Waals surface area contributed by atoms with Crippen molar-refractivity contribution < 1.29 is 19.1 Å². The third kappa shape index (κ3) is 2.48. The molecule has 0 aromatic heterocycles. The largest absolute Gasteiger partial charge is 0.465 e. The summed E-state index contributed by atoms with van der Waals surface area (Å²) in [6.07, 6.45) is -0.375. The van der Waals surface area contributed by atoms with Crippen LogP contribution in [0, 0.1) is 0 Å². The lowest BCUT2D eigenvalue weighted by Gasteiger charge is -2.32. The van der Waals surface area contributed by atoms with Gasteiger partial charge < -0.3 is 9.47 Å². The van der Waals surface area contributed by atoms with Gasteiger partial charge in [-0.05, 0) is 43.0 Å². The van der Waals surface area contributed by atoms with Crippen LogP contribution in [0.1, 0.15) is 49.5 Å². The molecule has 2 unspecified atom stereocenters.